The highest BCUT2D eigenvalue weighted by atomic mass is 79.9. The van der Waals surface area contributed by atoms with Gasteiger partial charge >= 0.3 is 0 Å². The van der Waals surface area contributed by atoms with Crippen LogP contribution in [0.15, 0.2) is 12.2 Å². The highest BCUT2D eigenvalue weighted by Gasteiger charge is 2.23. The summed E-state index contributed by atoms with van der Waals surface area (Å²) >= 11 is 0. The molecule has 0 aromatic heterocycles. The summed E-state index contributed by atoms with van der Waals surface area (Å²) in [6.45, 7) is 15.0. The summed E-state index contributed by atoms with van der Waals surface area (Å²) in [4.78, 5) is 0. The van der Waals surface area contributed by atoms with Crippen molar-refractivity contribution in [2.75, 3.05) is 26.2 Å². The van der Waals surface area contributed by atoms with Gasteiger partial charge < -0.3 is 21.5 Å². The predicted molar refractivity (Wildman–Crippen MR) is 130 cm³/mol. The Hall–Kier alpha value is 0.180. The molecule has 0 radical (unpaired) electrons. The normalized spacial score (nSPS) is 11.9. The van der Waals surface area contributed by atoms with Gasteiger partial charge in [0.1, 0.15) is 0 Å². The van der Waals surface area contributed by atoms with Crippen molar-refractivity contribution in [3.05, 3.63) is 12.2 Å². The first kappa shape index (κ1) is 31.4. The maximum atomic E-state index is 2.44. The van der Waals surface area contributed by atoms with Gasteiger partial charge in [-0.2, -0.15) is 0 Å². The molecule has 0 spiro atoms. The molecule has 0 N–H and O–H groups in total. The monoisotopic (exact) mass is 473 g/mol. The molecule has 0 heterocycles. The van der Waals surface area contributed by atoms with E-state index in [9.17, 15) is 0 Å². The van der Waals surface area contributed by atoms with E-state index < -0.39 is 0 Å². The zero-order chi connectivity index (χ0) is 20.8. The van der Waals surface area contributed by atoms with Crippen molar-refractivity contribution in [1.82, 2.24) is 0 Å². The van der Waals surface area contributed by atoms with Crippen LogP contribution in [0.5, 0.6) is 0 Å². The third-order valence-corrected chi connectivity index (χ3v) is 6.24. The Morgan fingerprint density at radius 2 is 0.793 bits per heavy atom. The quantitative estimate of drug-likeness (QED) is 0.101. The molecule has 0 aliphatic rings. The molecule has 0 aromatic carbocycles. The molecule has 1 nitrogen and oxygen atoms in total. The van der Waals surface area contributed by atoms with Crippen LogP contribution >= 0.6 is 0 Å². The number of rotatable bonds is 22. The van der Waals surface area contributed by atoms with Gasteiger partial charge in [0, 0.05) is 0 Å². The van der Waals surface area contributed by atoms with Gasteiger partial charge in [-0.05, 0) is 57.8 Å². The van der Waals surface area contributed by atoms with Gasteiger partial charge in [-0.3, -0.25) is 0 Å². The van der Waals surface area contributed by atoms with Gasteiger partial charge in [0.05, 0.1) is 26.2 Å². The second-order valence-corrected chi connectivity index (χ2v) is 9.17. The Morgan fingerprint density at radius 1 is 0.414 bits per heavy atom. The molecule has 0 amide bonds. The molecule has 0 saturated heterocycles. The third kappa shape index (κ3) is 19.9. The lowest BCUT2D eigenvalue weighted by molar-refractivity contribution is -0.928. The van der Waals surface area contributed by atoms with Crippen LogP contribution in [0.1, 0.15) is 137 Å². The lowest BCUT2D eigenvalue weighted by Gasteiger charge is -2.38. The Morgan fingerprint density at radius 3 is 1.21 bits per heavy atom. The van der Waals surface area contributed by atoms with Crippen LogP contribution in [0, 0.1) is 0 Å². The fourth-order valence-electron chi connectivity index (χ4n) is 4.79. The first-order valence-corrected chi connectivity index (χ1v) is 13.2. The van der Waals surface area contributed by atoms with E-state index in [2.05, 4.69) is 39.8 Å². The van der Waals surface area contributed by atoms with Gasteiger partial charge in [0.25, 0.3) is 0 Å². The van der Waals surface area contributed by atoms with E-state index in [1.54, 1.807) is 0 Å². The molecule has 0 unspecified atom stereocenters. The van der Waals surface area contributed by atoms with Gasteiger partial charge in [0.2, 0.25) is 0 Å². The lowest BCUT2D eigenvalue weighted by Crippen LogP contribution is -3.00. The van der Waals surface area contributed by atoms with E-state index in [4.69, 9.17) is 0 Å². The predicted octanol–water partition coefficient (Wildman–Crippen LogP) is 6.07. The third-order valence-electron chi connectivity index (χ3n) is 6.24. The first-order chi connectivity index (χ1) is 13.7. The minimum atomic E-state index is 0. The maximum absolute atomic E-state index is 2.44. The minimum absolute atomic E-state index is 0. The van der Waals surface area contributed by atoms with Crippen molar-refractivity contribution in [2.24, 2.45) is 0 Å². The molecular formula is C27H56BrN. The Kier molecular flexibility index (Phi) is 26.4. The van der Waals surface area contributed by atoms with Crippen molar-refractivity contribution in [3.8, 4) is 0 Å². The Labute approximate surface area is 196 Å². The standard InChI is InChI=1S/C27H56N.BrH/c1-5-9-10-11-12-13-14-15-16-17-18-19-20-21-22-23-27-28(24-6-2,25-7-3)26-8-4;/h15-16H,5-14,17-27H2,1-4H3;1H/q+1;/p-1/b16-15-;. The molecule has 176 valence electrons. The molecule has 0 aliphatic heterocycles. The highest BCUT2D eigenvalue weighted by molar-refractivity contribution is 4.81. The van der Waals surface area contributed by atoms with Crippen molar-refractivity contribution in [3.63, 3.8) is 0 Å². The number of hydrogen-bond acceptors (Lipinski definition) is 0. The van der Waals surface area contributed by atoms with E-state index in [-0.39, 0.29) is 17.0 Å². The van der Waals surface area contributed by atoms with Crippen LogP contribution in [0.4, 0.5) is 0 Å². The number of nitrogens with zero attached hydrogens (tertiary/aromatic N) is 1. The second kappa shape index (κ2) is 24.4. The Balaban J connectivity index is 0. The SMILES string of the molecule is CCCCCCCC/C=C\CCCCCCCC[N+](CCC)(CCC)CCC.[Br-]. The number of allylic oxidation sites excluding steroid dienone is 2. The van der Waals surface area contributed by atoms with Gasteiger partial charge in [0.15, 0.2) is 0 Å². The molecule has 0 aliphatic carbocycles. The zero-order valence-electron chi connectivity index (χ0n) is 20.8. The van der Waals surface area contributed by atoms with E-state index in [0.717, 1.165) is 0 Å². The summed E-state index contributed by atoms with van der Waals surface area (Å²) in [7, 11) is 0. The Bertz CT molecular complexity index is 309. The van der Waals surface area contributed by atoms with E-state index >= 15 is 0 Å². The minimum Gasteiger partial charge on any atom is -1.00 e. The van der Waals surface area contributed by atoms with Crippen LogP contribution < -0.4 is 17.0 Å². The molecule has 0 atom stereocenters. The molecular weight excluding hydrogens is 418 g/mol. The van der Waals surface area contributed by atoms with Crippen molar-refractivity contribution < 1.29 is 21.5 Å². The van der Waals surface area contributed by atoms with Gasteiger partial charge in [-0.1, -0.05) is 91.2 Å². The van der Waals surface area contributed by atoms with Crippen LogP contribution in [0.25, 0.3) is 0 Å². The van der Waals surface area contributed by atoms with Crippen LogP contribution in [0.3, 0.4) is 0 Å². The number of halogens is 1. The zero-order valence-corrected chi connectivity index (χ0v) is 22.4. The number of unbranched alkanes of at least 4 members (excludes halogenated alkanes) is 12. The average molecular weight is 475 g/mol. The van der Waals surface area contributed by atoms with E-state index in [1.165, 1.54) is 140 Å². The first-order valence-electron chi connectivity index (χ1n) is 13.2. The second-order valence-electron chi connectivity index (χ2n) is 9.17. The fourth-order valence-corrected chi connectivity index (χ4v) is 4.79. The number of hydrogen-bond donors (Lipinski definition) is 0. The van der Waals surface area contributed by atoms with Crippen LogP contribution in [0.2, 0.25) is 0 Å². The lowest BCUT2D eigenvalue weighted by atomic mass is 10.1. The molecule has 0 aromatic rings. The molecule has 0 saturated carbocycles. The summed E-state index contributed by atoms with van der Waals surface area (Å²) in [5, 5.41) is 0. The van der Waals surface area contributed by atoms with Crippen LogP contribution in [-0.2, 0) is 0 Å². The van der Waals surface area contributed by atoms with Crippen molar-refractivity contribution in [1.29, 1.82) is 0 Å². The molecule has 29 heavy (non-hydrogen) atoms. The molecule has 2 heteroatoms. The fraction of sp³-hybridized carbons (Fsp3) is 0.926. The molecule has 0 fully saturated rings. The molecule has 0 rings (SSSR count). The highest BCUT2D eigenvalue weighted by Crippen LogP contribution is 2.16. The van der Waals surface area contributed by atoms with Gasteiger partial charge in [-0.15, -0.1) is 0 Å². The summed E-state index contributed by atoms with van der Waals surface area (Å²) in [5.74, 6) is 0. The topological polar surface area (TPSA) is 0 Å². The summed E-state index contributed by atoms with van der Waals surface area (Å²) < 4.78 is 1.40. The maximum Gasteiger partial charge on any atom is 0.0786 e. The van der Waals surface area contributed by atoms with Crippen LogP contribution in [-0.4, -0.2) is 30.7 Å². The smallest absolute Gasteiger partial charge is 0.0786 e. The average Bonchev–Trinajstić information content (AvgIpc) is 2.68. The summed E-state index contributed by atoms with van der Waals surface area (Å²) in [6.07, 6.45) is 28.6. The number of quaternary nitrogens is 1. The molecule has 0 bridgehead atoms. The largest absolute Gasteiger partial charge is 1.00 e. The summed E-state index contributed by atoms with van der Waals surface area (Å²) in [6, 6.07) is 0. The van der Waals surface area contributed by atoms with Crippen molar-refractivity contribution in [2.45, 2.75) is 137 Å². The van der Waals surface area contributed by atoms with E-state index in [1.807, 2.05) is 0 Å². The van der Waals surface area contributed by atoms with Gasteiger partial charge in [-0.25, -0.2) is 0 Å². The summed E-state index contributed by atoms with van der Waals surface area (Å²) in [5.41, 5.74) is 0. The van der Waals surface area contributed by atoms with Crippen molar-refractivity contribution >= 4 is 0 Å². The van der Waals surface area contributed by atoms with E-state index in [0.29, 0.717) is 0 Å².